The van der Waals surface area contributed by atoms with Gasteiger partial charge in [0.05, 0.1) is 13.7 Å². The Hall–Kier alpha value is -3.42. The van der Waals surface area contributed by atoms with E-state index in [-0.39, 0.29) is 18.0 Å². The van der Waals surface area contributed by atoms with Crippen molar-refractivity contribution in [3.05, 3.63) is 54.1 Å². The second-order valence-electron chi connectivity index (χ2n) is 7.31. The van der Waals surface area contributed by atoms with Gasteiger partial charge in [-0.25, -0.2) is 4.79 Å². The smallest absolute Gasteiger partial charge is 0.409 e. The van der Waals surface area contributed by atoms with Crippen LogP contribution in [0.25, 0.3) is 0 Å². The van der Waals surface area contributed by atoms with Crippen molar-refractivity contribution in [3.63, 3.8) is 0 Å². The quantitative estimate of drug-likeness (QED) is 0.598. The first-order chi connectivity index (χ1) is 15.6. The van der Waals surface area contributed by atoms with Crippen LogP contribution in [0.4, 0.5) is 4.79 Å². The highest BCUT2D eigenvalue weighted by atomic mass is 16.5. The van der Waals surface area contributed by atoms with E-state index < -0.39 is 0 Å². The van der Waals surface area contributed by atoms with Gasteiger partial charge < -0.3 is 29.2 Å². The summed E-state index contributed by atoms with van der Waals surface area (Å²) in [7, 11) is 1.37. The van der Waals surface area contributed by atoms with E-state index in [9.17, 15) is 9.59 Å². The lowest BCUT2D eigenvalue weighted by Gasteiger charge is -2.31. The molecule has 8 heteroatoms. The zero-order valence-corrected chi connectivity index (χ0v) is 18.5. The third-order valence-electron chi connectivity index (χ3n) is 5.12. The zero-order chi connectivity index (χ0) is 22.8. The molecule has 0 aromatic heterocycles. The first-order valence-electron chi connectivity index (χ1n) is 10.8. The van der Waals surface area contributed by atoms with Crippen LogP contribution < -0.4 is 19.5 Å². The van der Waals surface area contributed by atoms with Gasteiger partial charge in [-0.2, -0.15) is 0 Å². The van der Waals surface area contributed by atoms with E-state index in [2.05, 4.69) is 5.32 Å². The maximum atomic E-state index is 12.7. The number of methoxy groups -OCH3 is 1. The van der Waals surface area contributed by atoms with Crippen molar-refractivity contribution < 1.29 is 28.5 Å². The number of amides is 2. The van der Waals surface area contributed by atoms with Gasteiger partial charge in [-0.15, -0.1) is 0 Å². The summed E-state index contributed by atoms with van der Waals surface area (Å²) in [6.45, 7) is 4.18. The SMILES string of the molecule is CCOc1cc(C(=O)NC2CCN(C(=O)OC)CC2)ccc1OCCOc1ccccc1. The fourth-order valence-electron chi connectivity index (χ4n) is 3.47. The molecule has 0 spiro atoms. The number of hydrogen-bond donors (Lipinski definition) is 1. The van der Waals surface area contributed by atoms with Crippen molar-refractivity contribution in [2.75, 3.05) is 40.0 Å². The molecule has 1 aliphatic rings. The maximum absolute atomic E-state index is 12.7. The van der Waals surface area contributed by atoms with Gasteiger partial charge >= 0.3 is 6.09 Å². The molecule has 8 nitrogen and oxygen atoms in total. The summed E-state index contributed by atoms with van der Waals surface area (Å²) < 4.78 is 21.9. The summed E-state index contributed by atoms with van der Waals surface area (Å²) in [5.74, 6) is 1.68. The van der Waals surface area contributed by atoms with Gasteiger partial charge in [0, 0.05) is 24.7 Å². The van der Waals surface area contributed by atoms with Gasteiger partial charge in [0.15, 0.2) is 11.5 Å². The number of carbonyl (C=O) groups is 2. The Morgan fingerprint density at radius 3 is 2.38 bits per heavy atom. The Balaban J connectivity index is 1.52. The highest BCUT2D eigenvalue weighted by Crippen LogP contribution is 2.29. The number of likely N-dealkylation sites (tertiary alicyclic amines) is 1. The zero-order valence-electron chi connectivity index (χ0n) is 18.5. The molecule has 1 N–H and O–H groups in total. The average molecular weight is 443 g/mol. The van der Waals surface area contributed by atoms with Crippen LogP contribution in [0.2, 0.25) is 0 Å². The molecule has 1 aliphatic heterocycles. The van der Waals surface area contributed by atoms with Crippen LogP contribution in [-0.2, 0) is 4.74 Å². The lowest BCUT2D eigenvalue weighted by atomic mass is 10.0. The van der Waals surface area contributed by atoms with Gasteiger partial charge in [-0.3, -0.25) is 4.79 Å². The second kappa shape index (κ2) is 11.8. The standard InChI is InChI=1S/C24H30N2O6/c1-3-30-22-17-18(23(27)25-19-11-13-26(14-12-19)24(28)29-2)9-10-21(22)32-16-15-31-20-7-5-4-6-8-20/h4-10,17,19H,3,11-16H2,1-2H3,(H,25,27). The molecule has 2 amide bonds. The molecule has 0 bridgehead atoms. The van der Waals surface area contributed by atoms with Crippen LogP contribution in [0.1, 0.15) is 30.1 Å². The van der Waals surface area contributed by atoms with E-state index in [0.717, 1.165) is 5.75 Å². The number of ether oxygens (including phenoxy) is 4. The second-order valence-corrected chi connectivity index (χ2v) is 7.31. The molecule has 1 saturated heterocycles. The molecule has 1 fully saturated rings. The van der Waals surface area contributed by atoms with E-state index in [0.29, 0.717) is 62.8 Å². The van der Waals surface area contributed by atoms with Gasteiger partial charge in [0.1, 0.15) is 19.0 Å². The molecule has 0 radical (unpaired) electrons. The number of nitrogens with one attached hydrogen (secondary N) is 1. The molecule has 3 rings (SSSR count). The average Bonchev–Trinajstić information content (AvgIpc) is 2.83. The Kier molecular flexibility index (Phi) is 8.60. The van der Waals surface area contributed by atoms with Crippen molar-refractivity contribution in [3.8, 4) is 17.2 Å². The summed E-state index contributed by atoms with van der Waals surface area (Å²) in [4.78, 5) is 26.0. The predicted octanol–water partition coefficient (Wildman–Crippen LogP) is 3.50. The van der Waals surface area contributed by atoms with Gasteiger partial charge in [0.25, 0.3) is 5.91 Å². The topological polar surface area (TPSA) is 86.3 Å². The minimum atomic E-state index is -0.333. The lowest BCUT2D eigenvalue weighted by molar-refractivity contribution is 0.0891. The third kappa shape index (κ3) is 6.54. The summed E-state index contributed by atoms with van der Waals surface area (Å²) in [6, 6.07) is 14.7. The predicted molar refractivity (Wildman–Crippen MR) is 120 cm³/mol. The molecular formula is C24H30N2O6. The molecule has 2 aromatic carbocycles. The highest BCUT2D eigenvalue weighted by molar-refractivity contribution is 5.95. The normalized spacial score (nSPS) is 13.9. The van der Waals surface area contributed by atoms with E-state index in [4.69, 9.17) is 18.9 Å². The highest BCUT2D eigenvalue weighted by Gasteiger charge is 2.24. The summed E-state index contributed by atoms with van der Waals surface area (Å²) in [5.41, 5.74) is 0.497. The molecule has 0 atom stereocenters. The molecule has 0 saturated carbocycles. The van der Waals surface area contributed by atoms with Crippen LogP contribution in [-0.4, -0.2) is 63.0 Å². The van der Waals surface area contributed by atoms with Crippen LogP contribution >= 0.6 is 0 Å². The first kappa shape index (κ1) is 23.2. The number of benzene rings is 2. The first-order valence-corrected chi connectivity index (χ1v) is 10.8. The Morgan fingerprint density at radius 2 is 1.69 bits per heavy atom. The van der Waals surface area contributed by atoms with Gasteiger partial charge in [-0.05, 0) is 50.1 Å². The largest absolute Gasteiger partial charge is 0.490 e. The summed E-state index contributed by atoms with van der Waals surface area (Å²) in [6.07, 6.45) is 1.03. The van der Waals surface area contributed by atoms with Crippen LogP contribution in [0.3, 0.4) is 0 Å². The Bertz CT molecular complexity index is 881. The van der Waals surface area contributed by atoms with Crippen molar-refractivity contribution in [2.24, 2.45) is 0 Å². The molecule has 32 heavy (non-hydrogen) atoms. The monoisotopic (exact) mass is 442 g/mol. The van der Waals surface area contributed by atoms with E-state index in [1.54, 1.807) is 23.1 Å². The van der Waals surface area contributed by atoms with Crippen LogP contribution in [0, 0.1) is 0 Å². The van der Waals surface area contributed by atoms with Crippen molar-refractivity contribution >= 4 is 12.0 Å². The fraction of sp³-hybridized carbons (Fsp3) is 0.417. The summed E-state index contributed by atoms with van der Waals surface area (Å²) in [5, 5.41) is 3.04. The van der Waals surface area contributed by atoms with Crippen LogP contribution in [0.5, 0.6) is 17.2 Å². The molecule has 1 heterocycles. The number of nitrogens with zero attached hydrogens (tertiary/aromatic N) is 1. The van der Waals surface area contributed by atoms with E-state index >= 15 is 0 Å². The van der Waals surface area contributed by atoms with E-state index in [1.807, 2.05) is 37.3 Å². The molecule has 172 valence electrons. The van der Waals surface area contributed by atoms with E-state index in [1.165, 1.54) is 7.11 Å². The molecule has 0 unspecified atom stereocenters. The summed E-state index contributed by atoms with van der Waals surface area (Å²) >= 11 is 0. The molecule has 2 aromatic rings. The lowest BCUT2D eigenvalue weighted by Crippen LogP contribution is -2.46. The fourth-order valence-corrected chi connectivity index (χ4v) is 3.47. The number of hydrogen-bond acceptors (Lipinski definition) is 6. The number of para-hydroxylation sites is 1. The minimum absolute atomic E-state index is 0.00464. The molecule has 0 aliphatic carbocycles. The van der Waals surface area contributed by atoms with Gasteiger partial charge in [-0.1, -0.05) is 18.2 Å². The maximum Gasteiger partial charge on any atom is 0.409 e. The van der Waals surface area contributed by atoms with Crippen LogP contribution in [0.15, 0.2) is 48.5 Å². The van der Waals surface area contributed by atoms with Gasteiger partial charge in [0.2, 0.25) is 0 Å². The number of rotatable bonds is 9. The van der Waals surface area contributed by atoms with Crippen molar-refractivity contribution in [2.45, 2.75) is 25.8 Å². The van der Waals surface area contributed by atoms with Crippen molar-refractivity contribution in [1.29, 1.82) is 0 Å². The Labute approximate surface area is 188 Å². The number of piperidine rings is 1. The molecular weight excluding hydrogens is 412 g/mol. The minimum Gasteiger partial charge on any atom is -0.490 e. The van der Waals surface area contributed by atoms with Crippen molar-refractivity contribution in [1.82, 2.24) is 10.2 Å². The Morgan fingerprint density at radius 1 is 0.969 bits per heavy atom. The number of carbonyl (C=O) groups excluding carboxylic acids is 2. The third-order valence-corrected chi connectivity index (χ3v) is 5.12.